The normalized spacial score (nSPS) is 24.7. The zero-order chi connectivity index (χ0) is 17.4. The van der Waals surface area contributed by atoms with Gasteiger partial charge in [0.25, 0.3) is 0 Å². The Balaban J connectivity index is 1.71. The molecule has 1 atom stereocenters. The topological polar surface area (TPSA) is 69.6 Å². The average Bonchev–Trinajstić information content (AvgIpc) is 3.19. The molecule has 1 saturated heterocycles. The molecule has 1 aromatic carbocycles. The molecule has 5 nitrogen and oxygen atoms in total. The van der Waals surface area contributed by atoms with Crippen molar-refractivity contribution in [3.63, 3.8) is 0 Å². The lowest BCUT2D eigenvalue weighted by Gasteiger charge is -2.36. The van der Waals surface area contributed by atoms with Gasteiger partial charge in [-0.1, -0.05) is 12.1 Å². The first kappa shape index (κ1) is 16.9. The summed E-state index contributed by atoms with van der Waals surface area (Å²) < 4.78 is 13.1. The van der Waals surface area contributed by atoms with Crippen LogP contribution in [-0.4, -0.2) is 40.5 Å². The minimum absolute atomic E-state index is 0.0893. The summed E-state index contributed by atoms with van der Waals surface area (Å²) in [6.07, 6.45) is 3.13. The molecule has 1 saturated carbocycles. The predicted octanol–water partition coefficient (Wildman–Crippen LogP) is 1.69. The zero-order valence-corrected chi connectivity index (χ0v) is 13.8. The number of carbonyl (C=O) groups is 2. The standard InChI is InChI=1S/C18H23FN2O3/c1-13(23)21-10-2-7-17(21,12-22)11-16(24)20-18(8-9-18)14-3-5-15(19)6-4-14/h3-6,22H,2,7-12H2,1H3,(H,20,24). The van der Waals surface area contributed by atoms with E-state index in [-0.39, 0.29) is 30.7 Å². The first-order valence-electron chi connectivity index (χ1n) is 8.37. The molecule has 1 aliphatic heterocycles. The number of nitrogens with one attached hydrogen (secondary N) is 1. The van der Waals surface area contributed by atoms with Crippen molar-refractivity contribution >= 4 is 11.8 Å². The van der Waals surface area contributed by atoms with Gasteiger partial charge in [-0.3, -0.25) is 9.59 Å². The fourth-order valence-corrected chi connectivity index (χ4v) is 3.82. The number of aliphatic hydroxyl groups is 1. The van der Waals surface area contributed by atoms with Crippen LogP contribution in [0.1, 0.15) is 44.6 Å². The number of benzene rings is 1. The third kappa shape index (κ3) is 3.02. The van der Waals surface area contributed by atoms with Crippen LogP contribution in [-0.2, 0) is 15.1 Å². The van der Waals surface area contributed by atoms with Gasteiger partial charge in [0.1, 0.15) is 5.82 Å². The number of rotatable bonds is 5. The van der Waals surface area contributed by atoms with Crippen LogP contribution in [0, 0.1) is 5.82 Å². The molecule has 1 aromatic rings. The van der Waals surface area contributed by atoms with Crippen LogP contribution >= 0.6 is 0 Å². The quantitative estimate of drug-likeness (QED) is 0.861. The summed E-state index contributed by atoms with van der Waals surface area (Å²) in [6, 6.07) is 6.18. The molecule has 2 amide bonds. The maximum Gasteiger partial charge on any atom is 0.223 e. The fourth-order valence-electron chi connectivity index (χ4n) is 3.82. The Morgan fingerprint density at radius 1 is 1.25 bits per heavy atom. The van der Waals surface area contributed by atoms with Crippen molar-refractivity contribution in [2.24, 2.45) is 0 Å². The summed E-state index contributed by atoms with van der Waals surface area (Å²) in [6.45, 7) is 1.82. The number of nitrogens with zero attached hydrogens (tertiary/aromatic N) is 1. The lowest BCUT2D eigenvalue weighted by molar-refractivity contribution is -0.137. The number of aliphatic hydroxyl groups excluding tert-OH is 1. The highest BCUT2D eigenvalue weighted by molar-refractivity contribution is 5.81. The molecule has 1 aliphatic carbocycles. The number of halogens is 1. The van der Waals surface area contributed by atoms with Gasteiger partial charge in [0, 0.05) is 13.5 Å². The van der Waals surface area contributed by atoms with Gasteiger partial charge in [-0.15, -0.1) is 0 Å². The maximum absolute atomic E-state index is 13.1. The minimum Gasteiger partial charge on any atom is -0.394 e. The Morgan fingerprint density at radius 2 is 1.92 bits per heavy atom. The smallest absolute Gasteiger partial charge is 0.223 e. The van der Waals surface area contributed by atoms with Crippen molar-refractivity contribution in [3.8, 4) is 0 Å². The molecule has 130 valence electrons. The molecule has 0 radical (unpaired) electrons. The van der Waals surface area contributed by atoms with Gasteiger partial charge in [0.2, 0.25) is 11.8 Å². The molecular formula is C18H23FN2O3. The third-order valence-corrected chi connectivity index (χ3v) is 5.29. The minimum atomic E-state index is -0.797. The Kier molecular flexibility index (Phi) is 4.34. The van der Waals surface area contributed by atoms with Gasteiger partial charge in [0.15, 0.2) is 0 Å². The first-order valence-corrected chi connectivity index (χ1v) is 8.37. The summed E-state index contributed by atoms with van der Waals surface area (Å²) in [5, 5.41) is 12.9. The lowest BCUT2D eigenvalue weighted by atomic mass is 9.91. The zero-order valence-electron chi connectivity index (χ0n) is 13.8. The van der Waals surface area contributed by atoms with Crippen LogP contribution in [0.2, 0.25) is 0 Å². The fraction of sp³-hybridized carbons (Fsp3) is 0.556. The third-order valence-electron chi connectivity index (χ3n) is 5.29. The molecule has 0 spiro atoms. The van der Waals surface area contributed by atoms with E-state index in [1.54, 1.807) is 17.0 Å². The van der Waals surface area contributed by atoms with Crippen LogP contribution in [0.25, 0.3) is 0 Å². The average molecular weight is 334 g/mol. The monoisotopic (exact) mass is 334 g/mol. The van der Waals surface area contributed by atoms with Crippen LogP contribution in [0.5, 0.6) is 0 Å². The van der Waals surface area contributed by atoms with Crippen molar-refractivity contribution in [2.75, 3.05) is 13.2 Å². The molecule has 3 rings (SSSR count). The number of hydrogen-bond acceptors (Lipinski definition) is 3. The Hall–Kier alpha value is -1.95. The van der Waals surface area contributed by atoms with Crippen LogP contribution < -0.4 is 5.32 Å². The van der Waals surface area contributed by atoms with Crippen molar-refractivity contribution in [1.82, 2.24) is 10.2 Å². The highest BCUT2D eigenvalue weighted by Crippen LogP contribution is 2.46. The van der Waals surface area contributed by atoms with E-state index in [4.69, 9.17) is 0 Å². The van der Waals surface area contributed by atoms with Gasteiger partial charge in [-0.2, -0.15) is 0 Å². The van der Waals surface area contributed by atoms with E-state index in [9.17, 15) is 19.1 Å². The predicted molar refractivity (Wildman–Crippen MR) is 86.5 cm³/mol. The molecule has 2 fully saturated rings. The van der Waals surface area contributed by atoms with Gasteiger partial charge in [-0.25, -0.2) is 4.39 Å². The van der Waals surface area contributed by atoms with Crippen molar-refractivity contribution < 1.29 is 19.1 Å². The maximum atomic E-state index is 13.1. The van der Waals surface area contributed by atoms with E-state index in [0.29, 0.717) is 13.0 Å². The highest BCUT2D eigenvalue weighted by atomic mass is 19.1. The lowest BCUT2D eigenvalue weighted by Crippen LogP contribution is -2.52. The summed E-state index contributed by atoms with van der Waals surface area (Å²) in [5.41, 5.74) is -0.333. The van der Waals surface area contributed by atoms with Crippen molar-refractivity contribution in [1.29, 1.82) is 0 Å². The van der Waals surface area contributed by atoms with E-state index in [1.165, 1.54) is 19.1 Å². The summed E-state index contributed by atoms with van der Waals surface area (Å²) >= 11 is 0. The number of carbonyl (C=O) groups excluding carboxylic acids is 2. The van der Waals surface area contributed by atoms with Crippen LogP contribution in [0.15, 0.2) is 24.3 Å². The van der Waals surface area contributed by atoms with E-state index in [2.05, 4.69) is 5.32 Å². The highest BCUT2D eigenvalue weighted by Gasteiger charge is 2.48. The van der Waals surface area contributed by atoms with Crippen LogP contribution in [0.3, 0.4) is 0 Å². The van der Waals surface area contributed by atoms with Crippen LogP contribution in [0.4, 0.5) is 4.39 Å². The molecule has 1 heterocycles. The SMILES string of the molecule is CC(=O)N1CCCC1(CO)CC(=O)NC1(c2ccc(F)cc2)CC1. The van der Waals surface area contributed by atoms with Gasteiger partial charge < -0.3 is 15.3 Å². The van der Waals surface area contributed by atoms with Gasteiger partial charge >= 0.3 is 0 Å². The Morgan fingerprint density at radius 3 is 2.46 bits per heavy atom. The molecule has 0 bridgehead atoms. The number of amides is 2. The summed E-state index contributed by atoms with van der Waals surface area (Å²) in [4.78, 5) is 26.0. The molecule has 6 heteroatoms. The molecule has 0 aromatic heterocycles. The molecular weight excluding hydrogens is 311 g/mol. The van der Waals surface area contributed by atoms with Gasteiger partial charge in [0.05, 0.1) is 24.1 Å². The Labute approximate surface area is 140 Å². The van der Waals surface area contributed by atoms with E-state index >= 15 is 0 Å². The van der Waals surface area contributed by atoms with E-state index in [1.807, 2.05) is 0 Å². The number of likely N-dealkylation sites (tertiary alicyclic amines) is 1. The summed E-state index contributed by atoms with van der Waals surface area (Å²) in [5.74, 6) is -0.601. The number of hydrogen-bond donors (Lipinski definition) is 2. The Bertz CT molecular complexity index is 642. The van der Waals surface area contributed by atoms with Gasteiger partial charge in [-0.05, 0) is 43.4 Å². The summed E-state index contributed by atoms with van der Waals surface area (Å²) in [7, 11) is 0. The van der Waals surface area contributed by atoms with E-state index in [0.717, 1.165) is 24.8 Å². The van der Waals surface area contributed by atoms with E-state index < -0.39 is 11.1 Å². The molecule has 1 unspecified atom stereocenters. The second-order valence-corrected chi connectivity index (χ2v) is 6.97. The second kappa shape index (κ2) is 6.16. The molecule has 2 N–H and O–H groups in total. The second-order valence-electron chi connectivity index (χ2n) is 6.97. The molecule has 2 aliphatic rings. The van der Waals surface area contributed by atoms with Crippen molar-refractivity contribution in [3.05, 3.63) is 35.6 Å². The molecule has 24 heavy (non-hydrogen) atoms. The largest absolute Gasteiger partial charge is 0.394 e. The first-order chi connectivity index (χ1) is 11.4. The van der Waals surface area contributed by atoms with Crippen molar-refractivity contribution in [2.45, 2.75) is 50.1 Å².